The number of nitrogens with zero attached hydrogens (tertiary/aromatic N) is 2. The van der Waals surface area contributed by atoms with Crippen LogP contribution >= 0.6 is 0 Å². The monoisotopic (exact) mass is 349 g/mol. The number of rotatable bonds is 4. The molecule has 1 aliphatic heterocycles. The molecule has 1 aliphatic rings. The first-order valence-corrected chi connectivity index (χ1v) is 8.72. The predicted octanol–water partition coefficient (Wildman–Crippen LogP) is 3.47. The van der Waals surface area contributed by atoms with E-state index in [0.29, 0.717) is 17.4 Å². The number of amides is 1. The zero-order valence-electron chi connectivity index (χ0n) is 14.2. The number of hydrogen-bond acceptors (Lipinski definition) is 5. The summed E-state index contributed by atoms with van der Waals surface area (Å²) < 4.78 is 11.7. The lowest BCUT2D eigenvalue weighted by molar-refractivity contribution is -0.127. The summed E-state index contributed by atoms with van der Waals surface area (Å²) in [5.41, 5.74) is 0.830. The predicted molar refractivity (Wildman–Crippen MR) is 97.3 cm³/mol. The molecule has 1 saturated heterocycles. The van der Waals surface area contributed by atoms with Crippen molar-refractivity contribution < 1.29 is 14.3 Å². The second-order valence-electron chi connectivity index (χ2n) is 6.16. The summed E-state index contributed by atoms with van der Waals surface area (Å²) in [6.45, 7) is 0.721. The molecule has 1 N–H and O–H groups in total. The molecule has 0 saturated carbocycles. The van der Waals surface area contributed by atoms with Crippen molar-refractivity contribution in [2.24, 2.45) is 0 Å². The molecule has 0 spiro atoms. The number of aromatic nitrogens is 2. The van der Waals surface area contributed by atoms with Crippen molar-refractivity contribution in [3.05, 3.63) is 54.9 Å². The average Bonchev–Trinajstić information content (AvgIpc) is 2.88. The van der Waals surface area contributed by atoms with Crippen molar-refractivity contribution in [3.63, 3.8) is 0 Å². The van der Waals surface area contributed by atoms with Gasteiger partial charge in [0.15, 0.2) is 6.10 Å². The highest BCUT2D eigenvalue weighted by Crippen LogP contribution is 2.28. The third kappa shape index (κ3) is 3.59. The lowest BCUT2D eigenvalue weighted by atomic mass is 10.2. The van der Waals surface area contributed by atoms with Gasteiger partial charge in [0.1, 0.15) is 17.8 Å². The van der Waals surface area contributed by atoms with Crippen LogP contribution in [-0.2, 0) is 4.79 Å². The van der Waals surface area contributed by atoms with Crippen molar-refractivity contribution in [1.82, 2.24) is 15.3 Å². The fraction of sp³-hybridized carbons (Fsp3) is 0.250. The number of nitrogens with one attached hydrogen (secondary N) is 1. The van der Waals surface area contributed by atoms with Crippen LogP contribution in [-0.4, -0.2) is 28.5 Å². The Bertz CT molecular complexity index is 906. The molecule has 1 aromatic heterocycles. The summed E-state index contributed by atoms with van der Waals surface area (Å²) in [5, 5.41) is 3.73. The Kier molecular flexibility index (Phi) is 4.64. The summed E-state index contributed by atoms with van der Waals surface area (Å²) >= 11 is 0. The van der Waals surface area contributed by atoms with E-state index in [-0.39, 0.29) is 5.91 Å². The summed E-state index contributed by atoms with van der Waals surface area (Å²) in [6.07, 6.45) is 3.75. The van der Waals surface area contributed by atoms with Gasteiger partial charge in [-0.3, -0.25) is 4.79 Å². The molecule has 0 radical (unpaired) electrons. The van der Waals surface area contributed by atoms with Gasteiger partial charge in [0, 0.05) is 6.54 Å². The zero-order chi connectivity index (χ0) is 17.8. The van der Waals surface area contributed by atoms with Crippen LogP contribution in [0.2, 0.25) is 0 Å². The largest absolute Gasteiger partial charge is 0.481 e. The summed E-state index contributed by atoms with van der Waals surface area (Å²) in [6, 6.07) is 14.9. The fourth-order valence-corrected chi connectivity index (χ4v) is 2.95. The molecule has 2 heterocycles. The van der Waals surface area contributed by atoms with Gasteiger partial charge in [-0.1, -0.05) is 12.1 Å². The van der Waals surface area contributed by atoms with Crippen LogP contribution in [0.1, 0.15) is 19.3 Å². The second kappa shape index (κ2) is 7.39. The van der Waals surface area contributed by atoms with Crippen molar-refractivity contribution in [1.29, 1.82) is 0 Å². The second-order valence-corrected chi connectivity index (χ2v) is 6.16. The number of fused-ring (bicyclic) bond motifs is 1. The van der Waals surface area contributed by atoms with Crippen LogP contribution in [0.4, 0.5) is 0 Å². The van der Waals surface area contributed by atoms with Gasteiger partial charge in [-0.25, -0.2) is 9.97 Å². The van der Waals surface area contributed by atoms with Gasteiger partial charge < -0.3 is 14.8 Å². The van der Waals surface area contributed by atoms with Crippen LogP contribution in [0.25, 0.3) is 10.9 Å². The molecule has 0 unspecified atom stereocenters. The van der Waals surface area contributed by atoms with Gasteiger partial charge in [0.25, 0.3) is 5.91 Å². The van der Waals surface area contributed by atoms with Crippen LogP contribution in [0.5, 0.6) is 17.4 Å². The minimum atomic E-state index is -0.435. The normalized spacial score (nSPS) is 17.4. The third-order valence-electron chi connectivity index (χ3n) is 4.31. The molecule has 0 bridgehead atoms. The highest BCUT2D eigenvalue weighted by Gasteiger charge is 2.22. The van der Waals surface area contributed by atoms with E-state index in [9.17, 15) is 4.79 Å². The molecular formula is C20H19N3O3. The van der Waals surface area contributed by atoms with Gasteiger partial charge >= 0.3 is 0 Å². The van der Waals surface area contributed by atoms with Crippen molar-refractivity contribution in [2.45, 2.75) is 25.4 Å². The van der Waals surface area contributed by atoms with Gasteiger partial charge in [-0.05, 0) is 55.7 Å². The first-order valence-electron chi connectivity index (χ1n) is 8.72. The minimum absolute atomic E-state index is 0.0460. The fourth-order valence-electron chi connectivity index (χ4n) is 2.95. The van der Waals surface area contributed by atoms with Gasteiger partial charge in [0.05, 0.1) is 10.9 Å². The molecule has 1 fully saturated rings. The quantitative estimate of drug-likeness (QED) is 0.781. The number of carbonyl (C=O) groups is 1. The molecule has 6 heteroatoms. The molecule has 132 valence electrons. The zero-order valence-corrected chi connectivity index (χ0v) is 14.2. The summed E-state index contributed by atoms with van der Waals surface area (Å²) in [4.78, 5) is 20.4. The first-order chi connectivity index (χ1) is 12.8. The summed E-state index contributed by atoms with van der Waals surface area (Å²) in [7, 11) is 0. The Hall–Kier alpha value is -3.15. The number of carbonyl (C=O) groups excluding carboxylic acids is 1. The molecule has 4 rings (SSSR count). The smallest absolute Gasteiger partial charge is 0.261 e. The third-order valence-corrected chi connectivity index (χ3v) is 4.31. The Balaban J connectivity index is 1.48. The Morgan fingerprint density at radius 1 is 0.962 bits per heavy atom. The molecule has 1 amide bonds. The van der Waals surface area contributed by atoms with E-state index in [2.05, 4.69) is 15.3 Å². The minimum Gasteiger partial charge on any atom is -0.481 e. The first kappa shape index (κ1) is 16.3. The molecular weight excluding hydrogens is 330 g/mol. The lowest BCUT2D eigenvalue weighted by Crippen LogP contribution is -2.36. The number of para-hydroxylation sites is 1. The van der Waals surface area contributed by atoms with E-state index >= 15 is 0 Å². The number of ether oxygens (including phenoxy) is 2. The number of benzene rings is 2. The molecule has 2 aromatic carbocycles. The number of hydrogen-bond donors (Lipinski definition) is 1. The van der Waals surface area contributed by atoms with E-state index in [4.69, 9.17) is 9.47 Å². The average molecular weight is 349 g/mol. The van der Waals surface area contributed by atoms with E-state index < -0.39 is 6.10 Å². The van der Waals surface area contributed by atoms with Gasteiger partial charge in [-0.2, -0.15) is 0 Å². The SMILES string of the molecule is O=C1NCCCC[C@@H]1Oc1ccc(Oc2ncnc3ccccc23)cc1. The molecule has 26 heavy (non-hydrogen) atoms. The standard InChI is InChI=1S/C20H19N3O3/c24-19-18(7-3-4-12-21-19)25-14-8-10-15(11-9-14)26-20-16-5-1-2-6-17(16)22-13-23-20/h1-2,5-6,8-11,13,18H,3-4,7,12H2,(H,21,24)/t18-/m0/s1. The Labute approximate surface area is 151 Å². The highest BCUT2D eigenvalue weighted by atomic mass is 16.5. The van der Waals surface area contributed by atoms with Gasteiger partial charge in [0.2, 0.25) is 5.88 Å². The maximum atomic E-state index is 12.0. The van der Waals surface area contributed by atoms with E-state index in [1.807, 2.05) is 24.3 Å². The topological polar surface area (TPSA) is 73.3 Å². The van der Waals surface area contributed by atoms with Crippen molar-refractivity contribution >= 4 is 16.8 Å². The van der Waals surface area contributed by atoms with Crippen LogP contribution < -0.4 is 14.8 Å². The van der Waals surface area contributed by atoms with Crippen LogP contribution in [0.15, 0.2) is 54.9 Å². The Morgan fingerprint density at radius 2 is 1.77 bits per heavy atom. The molecule has 1 atom stereocenters. The van der Waals surface area contributed by atoms with Crippen molar-refractivity contribution in [2.75, 3.05) is 6.54 Å². The van der Waals surface area contributed by atoms with Gasteiger partial charge in [-0.15, -0.1) is 0 Å². The summed E-state index contributed by atoms with van der Waals surface area (Å²) in [5.74, 6) is 1.75. The molecule has 6 nitrogen and oxygen atoms in total. The van der Waals surface area contributed by atoms with Crippen molar-refractivity contribution in [3.8, 4) is 17.4 Å². The maximum Gasteiger partial charge on any atom is 0.261 e. The highest BCUT2D eigenvalue weighted by molar-refractivity contribution is 5.83. The van der Waals surface area contributed by atoms with Crippen LogP contribution in [0, 0.1) is 0 Å². The van der Waals surface area contributed by atoms with E-state index in [1.165, 1.54) is 6.33 Å². The van der Waals surface area contributed by atoms with Crippen LogP contribution in [0.3, 0.4) is 0 Å². The van der Waals surface area contributed by atoms with E-state index in [1.54, 1.807) is 24.3 Å². The Morgan fingerprint density at radius 3 is 2.65 bits per heavy atom. The molecule has 3 aromatic rings. The maximum absolute atomic E-state index is 12.0. The molecule has 0 aliphatic carbocycles. The van der Waals surface area contributed by atoms with E-state index in [0.717, 1.165) is 36.7 Å². The lowest BCUT2D eigenvalue weighted by Gasteiger charge is -2.16.